The molecule has 0 heterocycles. The van der Waals surface area contributed by atoms with E-state index in [9.17, 15) is 15.0 Å². The fourth-order valence-corrected chi connectivity index (χ4v) is 6.57. The molecule has 5 atom stereocenters. The lowest BCUT2D eigenvalue weighted by molar-refractivity contribution is -0.185. The van der Waals surface area contributed by atoms with Gasteiger partial charge in [0.25, 0.3) is 0 Å². The molecular weight excluding hydrogens is 276 g/mol. The van der Waals surface area contributed by atoms with Crippen molar-refractivity contribution in [2.75, 3.05) is 6.61 Å². The van der Waals surface area contributed by atoms with Crippen molar-refractivity contribution in [1.82, 2.24) is 0 Å². The van der Waals surface area contributed by atoms with Gasteiger partial charge < -0.3 is 10.2 Å². The lowest BCUT2D eigenvalue weighted by Gasteiger charge is -2.64. The summed E-state index contributed by atoms with van der Waals surface area (Å²) in [5.41, 5.74) is 0.678. The fourth-order valence-electron chi connectivity index (χ4n) is 6.57. The minimum Gasteiger partial charge on any atom is -0.481 e. The minimum atomic E-state index is -0.625. The largest absolute Gasteiger partial charge is 0.481 e. The molecule has 0 aromatic carbocycles. The number of aliphatic carboxylic acids is 1. The monoisotopic (exact) mass is 306 g/mol. The molecule has 0 aromatic rings. The number of carboxylic acid groups (broad SMARTS) is 1. The van der Waals surface area contributed by atoms with Crippen LogP contribution in [0.4, 0.5) is 0 Å². The summed E-state index contributed by atoms with van der Waals surface area (Å²) in [5, 5.41) is 20.0. The number of carboxylic acids is 1. The van der Waals surface area contributed by atoms with E-state index in [1.807, 2.05) is 6.92 Å². The average molecular weight is 306 g/mol. The highest BCUT2D eigenvalue weighted by Gasteiger charge is 2.62. The van der Waals surface area contributed by atoms with Crippen LogP contribution < -0.4 is 0 Å². The third-order valence-corrected chi connectivity index (χ3v) is 7.63. The second-order valence-corrected chi connectivity index (χ2v) is 8.71. The Morgan fingerprint density at radius 1 is 1.23 bits per heavy atom. The van der Waals surface area contributed by atoms with Crippen LogP contribution in [0.5, 0.6) is 0 Å². The molecule has 3 rings (SSSR count). The number of aliphatic hydroxyl groups excluding tert-OH is 1. The number of allylic oxidation sites excluding steroid dienone is 1. The van der Waals surface area contributed by atoms with Gasteiger partial charge in [0.2, 0.25) is 0 Å². The third-order valence-electron chi connectivity index (χ3n) is 7.63. The van der Waals surface area contributed by atoms with Crippen LogP contribution in [0.25, 0.3) is 0 Å². The summed E-state index contributed by atoms with van der Waals surface area (Å²) in [6, 6.07) is 0. The Morgan fingerprint density at radius 2 is 1.95 bits per heavy atom. The van der Waals surface area contributed by atoms with Gasteiger partial charge in [-0.1, -0.05) is 25.5 Å². The maximum absolute atomic E-state index is 12.0. The molecule has 0 spiro atoms. The van der Waals surface area contributed by atoms with Crippen molar-refractivity contribution in [1.29, 1.82) is 0 Å². The molecule has 3 fully saturated rings. The van der Waals surface area contributed by atoms with Gasteiger partial charge in [0.1, 0.15) is 0 Å². The fraction of sp³-hybridized carbons (Fsp3) is 0.842. The van der Waals surface area contributed by atoms with Crippen LogP contribution in [0.3, 0.4) is 0 Å². The van der Waals surface area contributed by atoms with Crippen molar-refractivity contribution in [3.05, 3.63) is 12.2 Å². The smallest absolute Gasteiger partial charge is 0.309 e. The van der Waals surface area contributed by atoms with Crippen LogP contribution in [0, 0.1) is 28.1 Å². The van der Waals surface area contributed by atoms with Gasteiger partial charge in [-0.25, -0.2) is 0 Å². The van der Waals surface area contributed by atoms with Crippen molar-refractivity contribution >= 4 is 5.97 Å². The van der Waals surface area contributed by atoms with Gasteiger partial charge in [-0.3, -0.25) is 4.79 Å². The van der Waals surface area contributed by atoms with Gasteiger partial charge in [0, 0.05) is 12.0 Å². The topological polar surface area (TPSA) is 57.5 Å². The molecule has 0 amide bonds. The molecule has 3 nitrogen and oxygen atoms in total. The first-order chi connectivity index (χ1) is 10.3. The molecule has 3 aliphatic rings. The minimum absolute atomic E-state index is 0.0443. The number of aliphatic hydroxyl groups is 1. The first-order valence-corrected chi connectivity index (χ1v) is 8.79. The molecule has 3 saturated carbocycles. The van der Waals surface area contributed by atoms with E-state index in [1.165, 1.54) is 5.57 Å². The van der Waals surface area contributed by atoms with E-state index in [0.717, 1.165) is 51.4 Å². The SMILES string of the molecule is C=C1CCC2[C@](CO)(CCC3[C@@]2(C)CCC[C@@]3(C)C(=O)O)C1. The molecule has 0 saturated heterocycles. The quantitative estimate of drug-likeness (QED) is 0.758. The van der Waals surface area contributed by atoms with Crippen molar-refractivity contribution in [3.63, 3.8) is 0 Å². The standard InChI is InChI=1S/C19H30O3/c1-13-5-6-15-17(2)8-4-9-18(3,16(21)22)14(17)7-10-19(15,11-13)12-20/h14-15,20H,1,4-12H2,2-3H3,(H,21,22)/t14?,15?,17-,18-,19-/m1/s1. The van der Waals surface area contributed by atoms with Gasteiger partial charge in [-0.05, 0) is 69.1 Å². The van der Waals surface area contributed by atoms with Crippen LogP contribution in [-0.2, 0) is 4.79 Å². The van der Waals surface area contributed by atoms with Gasteiger partial charge in [0.05, 0.1) is 5.41 Å². The zero-order valence-electron chi connectivity index (χ0n) is 14.0. The Morgan fingerprint density at radius 3 is 2.59 bits per heavy atom. The third kappa shape index (κ3) is 2.01. The number of hydrogen-bond donors (Lipinski definition) is 2. The lowest BCUT2D eigenvalue weighted by atomic mass is 9.40. The Bertz CT molecular complexity index is 499. The molecule has 22 heavy (non-hydrogen) atoms. The zero-order valence-corrected chi connectivity index (χ0v) is 14.0. The van der Waals surface area contributed by atoms with E-state index in [-0.39, 0.29) is 23.4 Å². The predicted molar refractivity (Wildman–Crippen MR) is 86.4 cm³/mol. The molecular formula is C19H30O3. The predicted octanol–water partition coefficient (Wildman–Crippen LogP) is 4.01. The maximum atomic E-state index is 12.0. The highest BCUT2D eigenvalue weighted by atomic mass is 16.4. The molecule has 0 radical (unpaired) electrons. The van der Waals surface area contributed by atoms with Crippen LogP contribution in [-0.4, -0.2) is 22.8 Å². The molecule has 2 unspecified atom stereocenters. The van der Waals surface area contributed by atoms with Gasteiger partial charge in [-0.2, -0.15) is 0 Å². The van der Waals surface area contributed by atoms with Gasteiger partial charge >= 0.3 is 5.97 Å². The molecule has 3 aliphatic carbocycles. The van der Waals surface area contributed by atoms with E-state index in [1.54, 1.807) is 0 Å². The molecule has 0 aliphatic heterocycles. The summed E-state index contributed by atoms with van der Waals surface area (Å²) in [6.07, 6.45) is 7.84. The summed E-state index contributed by atoms with van der Waals surface area (Å²) >= 11 is 0. The summed E-state index contributed by atoms with van der Waals surface area (Å²) < 4.78 is 0. The highest BCUT2D eigenvalue weighted by Crippen LogP contribution is 2.67. The Labute approximate surface area is 133 Å². The second kappa shape index (κ2) is 5.09. The highest BCUT2D eigenvalue weighted by molar-refractivity contribution is 5.75. The average Bonchev–Trinajstić information content (AvgIpc) is 2.46. The van der Waals surface area contributed by atoms with Gasteiger partial charge in [0.15, 0.2) is 0 Å². The molecule has 124 valence electrons. The second-order valence-electron chi connectivity index (χ2n) is 8.71. The Kier molecular flexibility index (Phi) is 3.71. The van der Waals surface area contributed by atoms with Crippen LogP contribution in [0.1, 0.15) is 65.2 Å². The number of rotatable bonds is 2. The maximum Gasteiger partial charge on any atom is 0.309 e. The van der Waals surface area contributed by atoms with Crippen LogP contribution >= 0.6 is 0 Å². The first kappa shape index (κ1) is 16.0. The first-order valence-electron chi connectivity index (χ1n) is 8.79. The van der Waals surface area contributed by atoms with Crippen molar-refractivity contribution < 1.29 is 15.0 Å². The van der Waals surface area contributed by atoms with Gasteiger partial charge in [-0.15, -0.1) is 0 Å². The van der Waals surface area contributed by atoms with Crippen LogP contribution in [0.2, 0.25) is 0 Å². The van der Waals surface area contributed by atoms with E-state index in [4.69, 9.17) is 0 Å². The summed E-state index contributed by atoms with van der Waals surface area (Å²) in [5.74, 6) is 0.0515. The lowest BCUT2D eigenvalue weighted by Crippen LogP contribution is -2.59. The molecule has 0 bridgehead atoms. The van der Waals surface area contributed by atoms with Crippen LogP contribution in [0.15, 0.2) is 12.2 Å². The van der Waals surface area contributed by atoms with E-state index in [2.05, 4.69) is 13.5 Å². The summed E-state index contributed by atoms with van der Waals surface area (Å²) in [7, 11) is 0. The number of hydrogen-bond acceptors (Lipinski definition) is 2. The number of carbonyl (C=O) groups is 1. The Balaban J connectivity index is 2.02. The Hall–Kier alpha value is -0.830. The molecule has 0 aromatic heterocycles. The molecule has 2 N–H and O–H groups in total. The van der Waals surface area contributed by atoms with E-state index >= 15 is 0 Å². The zero-order chi connectivity index (χ0) is 16.2. The summed E-state index contributed by atoms with van der Waals surface area (Å²) in [6.45, 7) is 8.68. The van der Waals surface area contributed by atoms with E-state index < -0.39 is 11.4 Å². The summed E-state index contributed by atoms with van der Waals surface area (Å²) in [4.78, 5) is 12.0. The van der Waals surface area contributed by atoms with Crippen molar-refractivity contribution in [2.45, 2.75) is 65.2 Å². The number of fused-ring (bicyclic) bond motifs is 3. The van der Waals surface area contributed by atoms with E-state index in [0.29, 0.717) is 5.92 Å². The van der Waals surface area contributed by atoms with Crippen molar-refractivity contribution in [3.8, 4) is 0 Å². The van der Waals surface area contributed by atoms with Crippen molar-refractivity contribution in [2.24, 2.45) is 28.1 Å². The molecule has 3 heteroatoms. The normalized spacial score (nSPS) is 48.4.